The van der Waals surface area contributed by atoms with Gasteiger partial charge in [0.15, 0.2) is 0 Å². The quantitative estimate of drug-likeness (QED) is 0.724. The Morgan fingerprint density at radius 1 is 1.13 bits per heavy atom. The lowest BCUT2D eigenvalue weighted by molar-refractivity contribution is -0.0170. The fraction of sp³-hybridized carbons (Fsp3) is 1.00. The largest absolute Gasteiger partial charge is 0.378 e. The van der Waals surface area contributed by atoms with Gasteiger partial charge < -0.3 is 4.74 Å². The van der Waals surface area contributed by atoms with Crippen LogP contribution >= 0.6 is 12.6 Å². The molecule has 0 amide bonds. The third-order valence-corrected chi connectivity index (χ3v) is 4.72. The van der Waals surface area contributed by atoms with Crippen molar-refractivity contribution in [3.63, 3.8) is 0 Å². The van der Waals surface area contributed by atoms with Crippen molar-refractivity contribution < 1.29 is 4.74 Å². The highest BCUT2D eigenvalue weighted by Crippen LogP contribution is 2.47. The topological polar surface area (TPSA) is 9.23 Å². The maximum atomic E-state index is 6.09. The molecular weight excluding hydrogens is 204 g/mol. The zero-order valence-electron chi connectivity index (χ0n) is 10.0. The van der Waals surface area contributed by atoms with Crippen LogP contribution in [0.5, 0.6) is 0 Å². The van der Waals surface area contributed by atoms with E-state index in [0.717, 1.165) is 24.2 Å². The second kappa shape index (κ2) is 4.67. The Morgan fingerprint density at radius 2 is 1.73 bits per heavy atom. The molecule has 0 aromatic rings. The summed E-state index contributed by atoms with van der Waals surface area (Å²) in [6, 6.07) is 0. The van der Waals surface area contributed by atoms with Gasteiger partial charge in [-0.1, -0.05) is 13.8 Å². The van der Waals surface area contributed by atoms with E-state index < -0.39 is 0 Å². The molecule has 1 nitrogen and oxygen atoms in total. The average Bonchev–Trinajstić information content (AvgIpc) is 2.94. The molecule has 88 valence electrons. The zero-order valence-corrected chi connectivity index (χ0v) is 10.9. The zero-order chi connectivity index (χ0) is 10.9. The van der Waals surface area contributed by atoms with E-state index >= 15 is 0 Å². The molecule has 2 rings (SSSR count). The second-order valence-corrected chi connectivity index (χ2v) is 6.32. The monoisotopic (exact) mass is 228 g/mol. The van der Waals surface area contributed by atoms with E-state index in [1.165, 1.54) is 32.1 Å². The average molecular weight is 228 g/mol. The normalized spacial score (nSPS) is 39.0. The standard InChI is InChI=1S/C13H24OS/c1-10-5-11(2)7-12(6-10)14-8-13(9-15)3-4-13/h10-12,15H,3-9H2,1-2H3. The van der Waals surface area contributed by atoms with Crippen molar-refractivity contribution in [3.05, 3.63) is 0 Å². The van der Waals surface area contributed by atoms with Gasteiger partial charge >= 0.3 is 0 Å². The Morgan fingerprint density at radius 3 is 2.20 bits per heavy atom. The van der Waals surface area contributed by atoms with Crippen molar-refractivity contribution in [2.75, 3.05) is 12.4 Å². The molecule has 0 radical (unpaired) electrons. The van der Waals surface area contributed by atoms with E-state index in [4.69, 9.17) is 4.74 Å². The van der Waals surface area contributed by atoms with Crippen LogP contribution in [0.1, 0.15) is 46.0 Å². The van der Waals surface area contributed by atoms with Gasteiger partial charge in [-0.25, -0.2) is 0 Å². The first kappa shape index (κ1) is 11.8. The van der Waals surface area contributed by atoms with Gasteiger partial charge in [0, 0.05) is 5.41 Å². The van der Waals surface area contributed by atoms with Gasteiger partial charge in [0.1, 0.15) is 0 Å². The third-order valence-electron chi connectivity index (χ3n) is 4.05. The lowest BCUT2D eigenvalue weighted by Crippen LogP contribution is -2.28. The van der Waals surface area contributed by atoms with Crippen molar-refractivity contribution in [3.8, 4) is 0 Å². The van der Waals surface area contributed by atoms with Crippen LogP contribution in [0.15, 0.2) is 0 Å². The molecule has 0 heterocycles. The summed E-state index contributed by atoms with van der Waals surface area (Å²) in [5.74, 6) is 2.71. The summed E-state index contributed by atoms with van der Waals surface area (Å²) in [7, 11) is 0. The van der Waals surface area contributed by atoms with Crippen LogP contribution in [0.4, 0.5) is 0 Å². The summed E-state index contributed by atoms with van der Waals surface area (Å²) in [5.41, 5.74) is 0.465. The maximum Gasteiger partial charge on any atom is 0.0580 e. The molecule has 0 N–H and O–H groups in total. The van der Waals surface area contributed by atoms with Crippen molar-refractivity contribution >= 4 is 12.6 Å². The van der Waals surface area contributed by atoms with E-state index in [1.54, 1.807) is 0 Å². The number of hydrogen-bond donors (Lipinski definition) is 1. The number of rotatable bonds is 4. The molecule has 0 aromatic carbocycles. The third kappa shape index (κ3) is 3.13. The second-order valence-electron chi connectivity index (χ2n) is 6.01. The molecule has 0 aromatic heterocycles. The number of ether oxygens (including phenoxy) is 1. The summed E-state index contributed by atoms with van der Waals surface area (Å²) in [6.45, 7) is 5.68. The van der Waals surface area contributed by atoms with Gasteiger partial charge in [-0.05, 0) is 49.7 Å². The first-order valence-corrected chi connectivity index (χ1v) is 6.99. The first-order chi connectivity index (χ1) is 7.13. The summed E-state index contributed by atoms with van der Waals surface area (Å²) >= 11 is 4.42. The molecule has 2 saturated carbocycles. The van der Waals surface area contributed by atoms with E-state index in [1.807, 2.05) is 0 Å². The molecule has 2 unspecified atom stereocenters. The van der Waals surface area contributed by atoms with Gasteiger partial charge in [-0.2, -0.15) is 12.6 Å². The van der Waals surface area contributed by atoms with Crippen LogP contribution in [0.3, 0.4) is 0 Å². The Kier molecular flexibility index (Phi) is 3.67. The van der Waals surface area contributed by atoms with Crippen LogP contribution in [-0.4, -0.2) is 18.5 Å². The highest BCUT2D eigenvalue weighted by Gasteiger charge is 2.42. The minimum absolute atomic E-state index is 0.465. The van der Waals surface area contributed by atoms with Gasteiger partial charge in [0.05, 0.1) is 12.7 Å². The van der Waals surface area contributed by atoms with Crippen LogP contribution in [-0.2, 0) is 4.74 Å². The summed E-state index contributed by atoms with van der Waals surface area (Å²) < 4.78 is 6.09. The molecule has 2 aliphatic carbocycles. The Bertz CT molecular complexity index is 203. The molecule has 2 heteroatoms. The Hall–Kier alpha value is 0.310. The molecule has 0 saturated heterocycles. The number of hydrogen-bond acceptors (Lipinski definition) is 2. The minimum Gasteiger partial charge on any atom is -0.378 e. The van der Waals surface area contributed by atoms with Crippen LogP contribution in [0.25, 0.3) is 0 Å². The maximum absolute atomic E-state index is 6.09. The molecule has 15 heavy (non-hydrogen) atoms. The number of thiol groups is 1. The predicted octanol–water partition coefficient (Wildman–Crippen LogP) is 3.54. The van der Waals surface area contributed by atoms with Crippen LogP contribution < -0.4 is 0 Å². The molecule has 0 bridgehead atoms. The fourth-order valence-corrected chi connectivity index (χ4v) is 3.24. The predicted molar refractivity (Wildman–Crippen MR) is 67.4 cm³/mol. The molecule has 2 atom stereocenters. The van der Waals surface area contributed by atoms with Gasteiger partial charge in [-0.3, -0.25) is 0 Å². The lowest BCUT2D eigenvalue weighted by atomic mass is 9.82. The van der Waals surface area contributed by atoms with Crippen molar-refractivity contribution in [2.24, 2.45) is 17.3 Å². The first-order valence-electron chi connectivity index (χ1n) is 6.36. The summed E-state index contributed by atoms with van der Waals surface area (Å²) in [6.07, 6.45) is 7.11. The summed E-state index contributed by atoms with van der Waals surface area (Å²) in [5, 5.41) is 0. The highest BCUT2D eigenvalue weighted by molar-refractivity contribution is 7.80. The Balaban J connectivity index is 1.74. The van der Waals surface area contributed by atoms with Gasteiger partial charge in [0.25, 0.3) is 0 Å². The van der Waals surface area contributed by atoms with Crippen molar-refractivity contribution in [1.29, 1.82) is 0 Å². The highest BCUT2D eigenvalue weighted by atomic mass is 32.1. The van der Waals surface area contributed by atoms with Gasteiger partial charge in [-0.15, -0.1) is 0 Å². The molecule has 0 aliphatic heterocycles. The van der Waals surface area contributed by atoms with Gasteiger partial charge in [0.2, 0.25) is 0 Å². The molecular formula is C13H24OS. The van der Waals surface area contributed by atoms with Crippen LogP contribution in [0.2, 0.25) is 0 Å². The van der Waals surface area contributed by atoms with Crippen molar-refractivity contribution in [2.45, 2.75) is 52.1 Å². The van der Waals surface area contributed by atoms with Crippen LogP contribution in [0, 0.1) is 17.3 Å². The van der Waals surface area contributed by atoms with Crippen molar-refractivity contribution in [1.82, 2.24) is 0 Å². The lowest BCUT2D eigenvalue weighted by Gasteiger charge is -2.32. The molecule has 0 spiro atoms. The smallest absolute Gasteiger partial charge is 0.0580 e. The Labute approximate surface area is 99.4 Å². The molecule has 2 aliphatic rings. The SMILES string of the molecule is CC1CC(C)CC(OCC2(CS)CC2)C1. The van der Waals surface area contributed by atoms with E-state index in [0.29, 0.717) is 11.5 Å². The van der Waals surface area contributed by atoms with E-state index in [-0.39, 0.29) is 0 Å². The summed E-state index contributed by atoms with van der Waals surface area (Å²) in [4.78, 5) is 0. The van der Waals surface area contributed by atoms with E-state index in [2.05, 4.69) is 26.5 Å². The molecule has 2 fully saturated rings. The van der Waals surface area contributed by atoms with E-state index in [9.17, 15) is 0 Å². The minimum atomic E-state index is 0.465. The fourth-order valence-electron chi connectivity index (χ4n) is 2.83.